The molecule has 2 amide bonds. The van der Waals surface area contributed by atoms with E-state index in [1.54, 1.807) is 11.0 Å². The Bertz CT molecular complexity index is 750. The van der Waals surface area contributed by atoms with Gasteiger partial charge >= 0.3 is 0 Å². The first-order valence-electron chi connectivity index (χ1n) is 10.3. The van der Waals surface area contributed by atoms with Crippen LogP contribution in [0.25, 0.3) is 0 Å². The third-order valence-corrected chi connectivity index (χ3v) is 5.32. The van der Waals surface area contributed by atoms with Gasteiger partial charge in [-0.1, -0.05) is 49.9 Å². The van der Waals surface area contributed by atoms with E-state index in [1.165, 1.54) is 18.2 Å². The van der Waals surface area contributed by atoms with Gasteiger partial charge in [-0.05, 0) is 43.4 Å². The Balaban J connectivity index is 1.71. The number of benzene rings is 1. The first-order chi connectivity index (χ1) is 13.7. The molecule has 2 aromatic rings. The molecule has 0 radical (unpaired) electrons. The third-order valence-electron chi connectivity index (χ3n) is 5.32. The van der Waals surface area contributed by atoms with E-state index in [1.807, 2.05) is 24.3 Å². The van der Waals surface area contributed by atoms with E-state index >= 15 is 0 Å². The molecule has 150 valence electrons. The summed E-state index contributed by atoms with van der Waals surface area (Å²) in [6.45, 7) is 2.19. The standard InChI is InChI=1S/C22H29N3O3/c1-2-3-7-17-10-12-18(13-11-17)22(27)25(19-8-5-4-6-9-19)16-21(26)23-20-14-15-28-24-20/h10-15,19H,2-9,16H2,1H3,(H,23,24,26). The molecule has 1 aliphatic carbocycles. The maximum Gasteiger partial charge on any atom is 0.254 e. The molecule has 0 aliphatic heterocycles. The first-order valence-corrected chi connectivity index (χ1v) is 10.3. The molecular weight excluding hydrogens is 354 g/mol. The van der Waals surface area contributed by atoms with Crippen LogP contribution < -0.4 is 5.32 Å². The van der Waals surface area contributed by atoms with Crippen molar-refractivity contribution < 1.29 is 14.1 Å². The summed E-state index contributed by atoms with van der Waals surface area (Å²) in [6.07, 6.45) is 9.98. The Morgan fingerprint density at radius 3 is 2.54 bits per heavy atom. The lowest BCUT2D eigenvalue weighted by atomic mass is 9.93. The molecule has 6 heteroatoms. The summed E-state index contributed by atoms with van der Waals surface area (Å²) in [5.41, 5.74) is 1.88. The highest BCUT2D eigenvalue weighted by Crippen LogP contribution is 2.24. The number of unbranched alkanes of at least 4 members (excludes halogenated alkanes) is 1. The Kier molecular flexibility index (Phi) is 7.23. The summed E-state index contributed by atoms with van der Waals surface area (Å²) in [6, 6.07) is 9.51. The number of nitrogens with zero attached hydrogens (tertiary/aromatic N) is 2. The molecule has 1 N–H and O–H groups in total. The molecule has 3 rings (SSSR count). The second-order valence-electron chi connectivity index (χ2n) is 7.46. The van der Waals surface area contributed by atoms with Crippen molar-refractivity contribution in [2.45, 2.75) is 64.3 Å². The van der Waals surface area contributed by atoms with E-state index in [4.69, 9.17) is 4.52 Å². The predicted octanol–water partition coefficient (Wildman–Crippen LogP) is 4.43. The van der Waals surface area contributed by atoms with Crippen LogP contribution in [0.4, 0.5) is 5.82 Å². The average molecular weight is 383 g/mol. The van der Waals surface area contributed by atoms with Crippen LogP contribution >= 0.6 is 0 Å². The third kappa shape index (κ3) is 5.44. The van der Waals surface area contributed by atoms with Crippen LogP contribution in [0.3, 0.4) is 0 Å². The van der Waals surface area contributed by atoms with E-state index in [-0.39, 0.29) is 24.4 Å². The number of nitrogens with one attached hydrogen (secondary N) is 1. The predicted molar refractivity (Wildman–Crippen MR) is 108 cm³/mol. The second kappa shape index (κ2) is 10.1. The summed E-state index contributed by atoms with van der Waals surface area (Å²) in [7, 11) is 0. The Hall–Kier alpha value is -2.63. The van der Waals surface area contributed by atoms with Crippen molar-refractivity contribution in [2.75, 3.05) is 11.9 Å². The van der Waals surface area contributed by atoms with Gasteiger partial charge in [-0.2, -0.15) is 0 Å². The zero-order valence-corrected chi connectivity index (χ0v) is 16.5. The highest BCUT2D eigenvalue weighted by molar-refractivity contribution is 5.99. The van der Waals surface area contributed by atoms with Gasteiger partial charge in [0.2, 0.25) is 5.91 Å². The molecule has 1 aliphatic rings. The van der Waals surface area contributed by atoms with E-state index < -0.39 is 0 Å². The molecule has 1 heterocycles. The summed E-state index contributed by atoms with van der Waals surface area (Å²) in [5, 5.41) is 6.40. The lowest BCUT2D eigenvalue weighted by Crippen LogP contribution is -2.45. The van der Waals surface area contributed by atoms with Crippen molar-refractivity contribution in [1.82, 2.24) is 10.1 Å². The summed E-state index contributed by atoms with van der Waals surface area (Å²) < 4.78 is 4.75. The Morgan fingerprint density at radius 1 is 1.14 bits per heavy atom. The SMILES string of the molecule is CCCCc1ccc(C(=O)N(CC(=O)Nc2ccon2)C2CCCCC2)cc1. The molecule has 6 nitrogen and oxygen atoms in total. The Labute approximate surface area is 166 Å². The fraction of sp³-hybridized carbons (Fsp3) is 0.500. The number of hydrogen-bond acceptors (Lipinski definition) is 4. The summed E-state index contributed by atoms with van der Waals surface area (Å²) in [4.78, 5) is 27.4. The Morgan fingerprint density at radius 2 is 1.89 bits per heavy atom. The lowest BCUT2D eigenvalue weighted by Gasteiger charge is -2.34. The fourth-order valence-corrected chi connectivity index (χ4v) is 3.73. The van der Waals surface area contributed by atoms with Crippen molar-refractivity contribution in [3.8, 4) is 0 Å². The van der Waals surface area contributed by atoms with E-state index in [0.717, 1.165) is 44.9 Å². The molecular formula is C22H29N3O3. The van der Waals surface area contributed by atoms with Gasteiger partial charge in [0.05, 0.1) is 0 Å². The van der Waals surface area contributed by atoms with Crippen LogP contribution in [-0.4, -0.2) is 34.5 Å². The van der Waals surface area contributed by atoms with Crippen LogP contribution in [0.15, 0.2) is 41.1 Å². The van der Waals surface area contributed by atoms with Crippen LogP contribution in [0.2, 0.25) is 0 Å². The average Bonchev–Trinajstić information content (AvgIpc) is 3.24. The van der Waals surface area contributed by atoms with Gasteiger partial charge in [-0.3, -0.25) is 9.59 Å². The molecule has 1 saturated carbocycles. The lowest BCUT2D eigenvalue weighted by molar-refractivity contribution is -0.117. The van der Waals surface area contributed by atoms with Gasteiger partial charge in [0.25, 0.3) is 5.91 Å². The number of rotatable bonds is 8. The number of hydrogen-bond donors (Lipinski definition) is 1. The molecule has 0 saturated heterocycles. The zero-order chi connectivity index (χ0) is 19.8. The van der Waals surface area contributed by atoms with Crippen LogP contribution in [0.1, 0.15) is 67.8 Å². The van der Waals surface area contributed by atoms with E-state index in [9.17, 15) is 9.59 Å². The molecule has 28 heavy (non-hydrogen) atoms. The van der Waals surface area contributed by atoms with Gasteiger partial charge in [0.15, 0.2) is 5.82 Å². The monoisotopic (exact) mass is 383 g/mol. The van der Waals surface area contributed by atoms with Crippen LogP contribution in [0, 0.1) is 0 Å². The molecule has 1 aromatic heterocycles. The van der Waals surface area contributed by atoms with Gasteiger partial charge in [-0.25, -0.2) is 0 Å². The van der Waals surface area contributed by atoms with Crippen molar-refractivity contribution in [1.29, 1.82) is 0 Å². The molecule has 0 bridgehead atoms. The van der Waals surface area contributed by atoms with Crippen LogP contribution in [-0.2, 0) is 11.2 Å². The number of carbonyl (C=O) groups excluding carboxylic acids is 2. The molecule has 1 aromatic carbocycles. The maximum atomic E-state index is 13.2. The molecule has 1 fully saturated rings. The maximum absolute atomic E-state index is 13.2. The minimum atomic E-state index is -0.257. The fourth-order valence-electron chi connectivity index (χ4n) is 3.73. The minimum Gasteiger partial charge on any atom is -0.363 e. The zero-order valence-electron chi connectivity index (χ0n) is 16.5. The number of carbonyl (C=O) groups is 2. The summed E-state index contributed by atoms with van der Waals surface area (Å²) >= 11 is 0. The van der Waals surface area contributed by atoms with E-state index in [0.29, 0.717) is 11.4 Å². The highest BCUT2D eigenvalue weighted by atomic mass is 16.5. The van der Waals surface area contributed by atoms with Crippen molar-refractivity contribution in [3.63, 3.8) is 0 Å². The van der Waals surface area contributed by atoms with Crippen LogP contribution in [0.5, 0.6) is 0 Å². The van der Waals surface area contributed by atoms with Crippen molar-refractivity contribution in [3.05, 3.63) is 47.7 Å². The number of amides is 2. The highest BCUT2D eigenvalue weighted by Gasteiger charge is 2.28. The smallest absolute Gasteiger partial charge is 0.254 e. The van der Waals surface area contributed by atoms with Gasteiger partial charge in [0.1, 0.15) is 12.8 Å². The topological polar surface area (TPSA) is 75.4 Å². The minimum absolute atomic E-state index is 0.0218. The van der Waals surface area contributed by atoms with Gasteiger partial charge in [0, 0.05) is 17.7 Å². The molecule has 0 spiro atoms. The number of aromatic nitrogens is 1. The molecule has 0 atom stereocenters. The number of anilines is 1. The van der Waals surface area contributed by atoms with Crippen molar-refractivity contribution >= 4 is 17.6 Å². The van der Waals surface area contributed by atoms with Gasteiger partial charge in [-0.15, -0.1) is 0 Å². The first kappa shape index (κ1) is 20.1. The summed E-state index contributed by atoms with van der Waals surface area (Å²) in [5.74, 6) is 0.0259. The second-order valence-corrected chi connectivity index (χ2v) is 7.46. The quantitative estimate of drug-likeness (QED) is 0.732. The van der Waals surface area contributed by atoms with E-state index in [2.05, 4.69) is 17.4 Å². The molecule has 0 unspecified atom stereocenters. The van der Waals surface area contributed by atoms with Gasteiger partial charge < -0.3 is 14.7 Å². The van der Waals surface area contributed by atoms with Crippen molar-refractivity contribution in [2.24, 2.45) is 0 Å². The normalized spacial score (nSPS) is 14.6. The number of aryl methyl sites for hydroxylation is 1. The largest absolute Gasteiger partial charge is 0.363 e.